The number of nitrogens with zero attached hydrogens (tertiary/aromatic N) is 2. The molecule has 6 nitrogen and oxygen atoms in total. The summed E-state index contributed by atoms with van der Waals surface area (Å²) >= 11 is 0. The van der Waals surface area contributed by atoms with Gasteiger partial charge < -0.3 is 10.6 Å². The van der Waals surface area contributed by atoms with Crippen LogP contribution in [0.3, 0.4) is 0 Å². The van der Waals surface area contributed by atoms with E-state index in [2.05, 4.69) is 14.6 Å². The van der Waals surface area contributed by atoms with Crippen LogP contribution in [0.1, 0.15) is 31.2 Å². The molecule has 0 bridgehead atoms. The molecule has 1 heterocycles. The number of sulfonamides is 1. The van der Waals surface area contributed by atoms with Crippen molar-refractivity contribution in [1.29, 1.82) is 0 Å². The van der Waals surface area contributed by atoms with E-state index in [0.717, 1.165) is 31.2 Å². The summed E-state index contributed by atoms with van der Waals surface area (Å²) in [7, 11) is 0.443. The van der Waals surface area contributed by atoms with Crippen molar-refractivity contribution in [1.82, 2.24) is 14.6 Å². The molecule has 1 saturated carbocycles. The van der Waals surface area contributed by atoms with E-state index in [1.54, 1.807) is 6.07 Å². The van der Waals surface area contributed by atoms with E-state index in [4.69, 9.17) is 5.73 Å². The molecule has 0 unspecified atom stereocenters. The first kappa shape index (κ1) is 16.4. The van der Waals surface area contributed by atoms with Crippen LogP contribution in [-0.4, -0.2) is 44.5 Å². The lowest BCUT2D eigenvalue weighted by Gasteiger charge is -2.36. The Morgan fingerprint density at radius 1 is 1.33 bits per heavy atom. The number of aromatic nitrogens is 1. The van der Waals surface area contributed by atoms with E-state index >= 15 is 0 Å². The highest BCUT2D eigenvalue weighted by Gasteiger charge is 2.37. The van der Waals surface area contributed by atoms with Crippen LogP contribution in [0.5, 0.6) is 0 Å². The molecule has 0 radical (unpaired) electrons. The van der Waals surface area contributed by atoms with Crippen molar-refractivity contribution in [3.8, 4) is 0 Å². The predicted octanol–water partition coefficient (Wildman–Crippen LogP) is 0.693. The van der Waals surface area contributed by atoms with Crippen molar-refractivity contribution in [3.05, 3.63) is 23.9 Å². The van der Waals surface area contributed by atoms with Crippen molar-refractivity contribution >= 4 is 10.0 Å². The van der Waals surface area contributed by atoms with Crippen LogP contribution in [0.15, 0.2) is 23.4 Å². The standard InChI is InChI=1S/C14H24N4O2S/c1-18(2)14(7-3-4-8-14)11-17-21(19,20)13-6-5-12(9-15)10-16-13/h5-6,10,17H,3-4,7-9,11,15H2,1-2H3. The zero-order valence-corrected chi connectivity index (χ0v) is 13.5. The fourth-order valence-corrected chi connectivity index (χ4v) is 3.85. The molecule has 0 saturated heterocycles. The van der Waals surface area contributed by atoms with Gasteiger partial charge in [-0.05, 0) is 38.6 Å². The van der Waals surface area contributed by atoms with Gasteiger partial charge in [-0.15, -0.1) is 0 Å². The molecule has 0 atom stereocenters. The van der Waals surface area contributed by atoms with Crippen molar-refractivity contribution < 1.29 is 8.42 Å². The summed E-state index contributed by atoms with van der Waals surface area (Å²) in [5.74, 6) is 0. The molecule has 3 N–H and O–H groups in total. The van der Waals surface area contributed by atoms with Gasteiger partial charge in [-0.2, -0.15) is 0 Å². The van der Waals surface area contributed by atoms with Gasteiger partial charge in [0, 0.05) is 24.8 Å². The molecule has 1 aromatic rings. The molecular weight excluding hydrogens is 288 g/mol. The fourth-order valence-electron chi connectivity index (χ4n) is 2.81. The van der Waals surface area contributed by atoms with Gasteiger partial charge in [-0.1, -0.05) is 18.9 Å². The lowest BCUT2D eigenvalue weighted by atomic mass is 9.97. The average molecular weight is 312 g/mol. The SMILES string of the molecule is CN(C)C1(CNS(=O)(=O)c2ccc(CN)cn2)CCCC1. The Balaban J connectivity index is 2.10. The van der Waals surface area contributed by atoms with Crippen molar-refractivity contribution in [3.63, 3.8) is 0 Å². The molecule has 118 valence electrons. The van der Waals surface area contributed by atoms with Crippen molar-refractivity contribution in [2.24, 2.45) is 5.73 Å². The monoisotopic (exact) mass is 312 g/mol. The van der Waals surface area contributed by atoms with Gasteiger partial charge in [-0.25, -0.2) is 18.1 Å². The van der Waals surface area contributed by atoms with Crippen LogP contribution in [0.2, 0.25) is 0 Å². The smallest absolute Gasteiger partial charge is 0.258 e. The third-order valence-electron chi connectivity index (χ3n) is 4.38. The lowest BCUT2D eigenvalue weighted by molar-refractivity contribution is 0.162. The van der Waals surface area contributed by atoms with Gasteiger partial charge in [0.05, 0.1) is 0 Å². The number of likely N-dealkylation sites (N-methyl/N-ethyl adjacent to an activating group) is 1. The Bertz CT molecular complexity index is 563. The van der Waals surface area contributed by atoms with Gasteiger partial charge in [-0.3, -0.25) is 0 Å². The normalized spacial score (nSPS) is 18.3. The molecule has 0 amide bonds. The summed E-state index contributed by atoms with van der Waals surface area (Å²) in [6.45, 7) is 0.771. The summed E-state index contributed by atoms with van der Waals surface area (Å²) < 4.78 is 27.4. The second kappa shape index (κ2) is 6.39. The van der Waals surface area contributed by atoms with Crippen LogP contribution in [-0.2, 0) is 16.6 Å². The fraction of sp³-hybridized carbons (Fsp3) is 0.643. The number of nitrogens with two attached hydrogens (primary N) is 1. The highest BCUT2D eigenvalue weighted by atomic mass is 32.2. The topological polar surface area (TPSA) is 88.3 Å². The van der Waals surface area contributed by atoms with Gasteiger partial charge >= 0.3 is 0 Å². The first-order chi connectivity index (χ1) is 9.89. The minimum Gasteiger partial charge on any atom is -0.326 e. The second-order valence-electron chi connectivity index (χ2n) is 5.86. The maximum Gasteiger partial charge on any atom is 0.258 e. The zero-order valence-electron chi connectivity index (χ0n) is 12.7. The Labute approximate surface area is 126 Å². The number of hydrogen-bond acceptors (Lipinski definition) is 5. The summed E-state index contributed by atoms with van der Waals surface area (Å²) in [4.78, 5) is 6.12. The Morgan fingerprint density at radius 3 is 2.48 bits per heavy atom. The molecular formula is C14H24N4O2S. The van der Waals surface area contributed by atoms with Gasteiger partial charge in [0.1, 0.15) is 0 Å². The van der Waals surface area contributed by atoms with E-state index in [-0.39, 0.29) is 10.6 Å². The number of rotatable bonds is 6. The Morgan fingerprint density at radius 2 is 2.00 bits per heavy atom. The molecule has 1 aliphatic carbocycles. The van der Waals surface area contributed by atoms with Gasteiger partial charge in [0.15, 0.2) is 5.03 Å². The summed E-state index contributed by atoms with van der Waals surface area (Å²) in [5, 5.41) is 0.0478. The predicted molar refractivity (Wildman–Crippen MR) is 82.2 cm³/mol. The average Bonchev–Trinajstić information content (AvgIpc) is 2.96. The highest BCUT2D eigenvalue weighted by molar-refractivity contribution is 7.89. The van der Waals surface area contributed by atoms with E-state index < -0.39 is 10.0 Å². The summed E-state index contributed by atoms with van der Waals surface area (Å²) in [6, 6.07) is 3.19. The first-order valence-corrected chi connectivity index (χ1v) is 8.70. The Kier molecular flexibility index (Phi) is 4.98. The van der Waals surface area contributed by atoms with Gasteiger partial charge in [0.25, 0.3) is 10.0 Å². The van der Waals surface area contributed by atoms with Crippen molar-refractivity contribution in [2.75, 3.05) is 20.6 Å². The van der Waals surface area contributed by atoms with Crippen LogP contribution in [0, 0.1) is 0 Å². The number of pyridine rings is 1. The summed E-state index contributed by atoms with van der Waals surface area (Å²) in [5.41, 5.74) is 6.23. The molecule has 21 heavy (non-hydrogen) atoms. The molecule has 1 aliphatic rings. The third kappa shape index (κ3) is 3.60. The minimum absolute atomic E-state index is 0.0478. The van der Waals surface area contributed by atoms with Crippen LogP contribution >= 0.6 is 0 Å². The maximum absolute atomic E-state index is 12.3. The van der Waals surface area contributed by atoms with Crippen molar-refractivity contribution in [2.45, 2.75) is 42.8 Å². The zero-order chi connectivity index (χ0) is 15.5. The van der Waals surface area contributed by atoms with E-state index in [1.807, 2.05) is 14.1 Å². The number of nitrogens with one attached hydrogen (secondary N) is 1. The van der Waals surface area contributed by atoms with E-state index in [0.29, 0.717) is 13.1 Å². The van der Waals surface area contributed by atoms with Crippen LogP contribution in [0.4, 0.5) is 0 Å². The minimum atomic E-state index is -3.57. The maximum atomic E-state index is 12.3. The molecule has 7 heteroatoms. The van der Waals surface area contributed by atoms with E-state index in [1.165, 1.54) is 12.3 Å². The quantitative estimate of drug-likeness (QED) is 0.807. The number of hydrogen-bond donors (Lipinski definition) is 2. The lowest BCUT2D eigenvalue weighted by Crippen LogP contribution is -2.50. The second-order valence-corrected chi connectivity index (χ2v) is 7.57. The summed E-state index contributed by atoms with van der Waals surface area (Å²) in [6.07, 6.45) is 5.82. The van der Waals surface area contributed by atoms with Crippen LogP contribution in [0.25, 0.3) is 0 Å². The molecule has 1 aromatic heterocycles. The van der Waals surface area contributed by atoms with Gasteiger partial charge in [0.2, 0.25) is 0 Å². The highest BCUT2D eigenvalue weighted by Crippen LogP contribution is 2.33. The Hall–Kier alpha value is -1.02. The third-order valence-corrected chi connectivity index (χ3v) is 5.70. The molecule has 0 spiro atoms. The molecule has 0 aromatic carbocycles. The largest absolute Gasteiger partial charge is 0.326 e. The van der Waals surface area contributed by atoms with E-state index in [9.17, 15) is 8.42 Å². The molecule has 0 aliphatic heterocycles. The molecule has 2 rings (SSSR count). The first-order valence-electron chi connectivity index (χ1n) is 7.22. The molecule has 1 fully saturated rings. The van der Waals surface area contributed by atoms with Crippen LogP contribution < -0.4 is 10.5 Å².